The predicted octanol–water partition coefficient (Wildman–Crippen LogP) is 3.38. The van der Waals surface area contributed by atoms with Crippen molar-refractivity contribution in [3.05, 3.63) is 47.4 Å². The van der Waals surface area contributed by atoms with E-state index in [0.29, 0.717) is 11.8 Å². The first-order valence-corrected chi connectivity index (χ1v) is 7.00. The van der Waals surface area contributed by atoms with Crippen LogP contribution in [0, 0.1) is 12.7 Å². The molecule has 0 aliphatic heterocycles. The maximum Gasteiger partial charge on any atom is 0.216 e. The molecule has 0 atom stereocenters. The van der Waals surface area contributed by atoms with Gasteiger partial charge in [0.25, 0.3) is 0 Å². The standard InChI is InChI=1S/C13H15FN2OS/c1-10-15-16-13(17-10)3-2-8-18-9-11-4-6-12(14)7-5-11/h4-7H,2-3,8-9H2,1H3. The highest BCUT2D eigenvalue weighted by Gasteiger charge is 2.01. The summed E-state index contributed by atoms with van der Waals surface area (Å²) in [5.74, 6) is 3.07. The quantitative estimate of drug-likeness (QED) is 0.751. The van der Waals surface area contributed by atoms with Crippen LogP contribution >= 0.6 is 11.8 Å². The molecular formula is C13H15FN2OS. The Morgan fingerprint density at radius 2 is 2.00 bits per heavy atom. The summed E-state index contributed by atoms with van der Waals surface area (Å²) in [7, 11) is 0. The largest absolute Gasteiger partial charge is 0.426 e. The van der Waals surface area contributed by atoms with Gasteiger partial charge in [0.1, 0.15) is 5.82 Å². The van der Waals surface area contributed by atoms with E-state index in [2.05, 4.69) is 10.2 Å². The lowest BCUT2D eigenvalue weighted by Gasteiger charge is -2.01. The SMILES string of the molecule is Cc1nnc(CCCSCc2ccc(F)cc2)o1. The number of halogens is 1. The summed E-state index contributed by atoms with van der Waals surface area (Å²) in [5.41, 5.74) is 1.15. The third-order valence-electron chi connectivity index (χ3n) is 2.43. The molecule has 0 spiro atoms. The molecule has 0 unspecified atom stereocenters. The van der Waals surface area contributed by atoms with Gasteiger partial charge < -0.3 is 4.42 Å². The van der Waals surface area contributed by atoms with Gasteiger partial charge in [0, 0.05) is 19.1 Å². The van der Waals surface area contributed by atoms with Crippen molar-refractivity contribution >= 4 is 11.8 Å². The Kier molecular flexibility index (Phi) is 4.75. The van der Waals surface area contributed by atoms with Crippen LogP contribution in [0.5, 0.6) is 0 Å². The van der Waals surface area contributed by atoms with E-state index in [-0.39, 0.29) is 5.82 Å². The van der Waals surface area contributed by atoms with Crippen LogP contribution in [0.4, 0.5) is 4.39 Å². The maximum absolute atomic E-state index is 12.7. The van der Waals surface area contributed by atoms with Crippen molar-refractivity contribution in [1.82, 2.24) is 10.2 Å². The number of thioether (sulfide) groups is 1. The average molecular weight is 266 g/mol. The van der Waals surface area contributed by atoms with E-state index < -0.39 is 0 Å². The van der Waals surface area contributed by atoms with Gasteiger partial charge in [-0.15, -0.1) is 10.2 Å². The van der Waals surface area contributed by atoms with E-state index in [9.17, 15) is 4.39 Å². The van der Waals surface area contributed by atoms with Gasteiger partial charge in [0.15, 0.2) is 0 Å². The summed E-state index contributed by atoms with van der Waals surface area (Å²) in [5, 5.41) is 7.73. The Balaban J connectivity index is 1.63. The van der Waals surface area contributed by atoms with Crippen LogP contribution in [-0.4, -0.2) is 16.0 Å². The van der Waals surface area contributed by atoms with Crippen molar-refractivity contribution in [3.63, 3.8) is 0 Å². The molecule has 0 bridgehead atoms. The van der Waals surface area contributed by atoms with Gasteiger partial charge in [0.05, 0.1) is 0 Å². The van der Waals surface area contributed by atoms with Crippen LogP contribution in [0.15, 0.2) is 28.7 Å². The molecule has 0 aliphatic rings. The first-order chi connectivity index (χ1) is 8.74. The molecule has 0 radical (unpaired) electrons. The zero-order valence-corrected chi connectivity index (χ0v) is 11.0. The molecule has 1 aromatic carbocycles. The molecule has 18 heavy (non-hydrogen) atoms. The van der Waals surface area contributed by atoms with Crippen molar-refractivity contribution in [1.29, 1.82) is 0 Å². The Labute approximate surface area is 110 Å². The molecule has 1 heterocycles. The van der Waals surface area contributed by atoms with E-state index in [1.54, 1.807) is 6.92 Å². The third-order valence-corrected chi connectivity index (χ3v) is 3.54. The maximum atomic E-state index is 12.7. The fourth-order valence-electron chi connectivity index (χ4n) is 1.53. The number of aryl methyl sites for hydroxylation is 2. The number of benzene rings is 1. The summed E-state index contributed by atoms with van der Waals surface area (Å²) in [6.45, 7) is 1.79. The van der Waals surface area contributed by atoms with Gasteiger partial charge in [-0.2, -0.15) is 11.8 Å². The lowest BCUT2D eigenvalue weighted by atomic mass is 10.2. The number of rotatable bonds is 6. The molecule has 0 aliphatic carbocycles. The van der Waals surface area contributed by atoms with Gasteiger partial charge in [-0.05, 0) is 29.9 Å². The molecule has 0 amide bonds. The fourth-order valence-corrected chi connectivity index (χ4v) is 2.46. The van der Waals surface area contributed by atoms with E-state index in [0.717, 1.165) is 29.9 Å². The second-order valence-corrected chi connectivity index (χ2v) is 5.10. The Hall–Kier alpha value is -1.36. The molecule has 1 aromatic heterocycles. The average Bonchev–Trinajstić information content (AvgIpc) is 2.77. The van der Waals surface area contributed by atoms with Gasteiger partial charge in [-0.3, -0.25) is 0 Å². The van der Waals surface area contributed by atoms with Crippen LogP contribution in [0.25, 0.3) is 0 Å². The van der Waals surface area contributed by atoms with Crippen LogP contribution in [0.1, 0.15) is 23.8 Å². The fraction of sp³-hybridized carbons (Fsp3) is 0.385. The topological polar surface area (TPSA) is 38.9 Å². The third kappa shape index (κ3) is 4.14. The molecular weight excluding hydrogens is 251 g/mol. The lowest BCUT2D eigenvalue weighted by Crippen LogP contribution is -1.89. The Bertz CT molecular complexity index is 484. The zero-order chi connectivity index (χ0) is 12.8. The minimum atomic E-state index is -0.185. The van der Waals surface area contributed by atoms with Crippen molar-refractivity contribution in [2.45, 2.75) is 25.5 Å². The highest BCUT2D eigenvalue weighted by Crippen LogP contribution is 2.14. The summed E-state index contributed by atoms with van der Waals surface area (Å²) in [6.07, 6.45) is 1.82. The number of hydrogen-bond donors (Lipinski definition) is 0. The van der Waals surface area contributed by atoms with Gasteiger partial charge in [0.2, 0.25) is 11.8 Å². The van der Waals surface area contributed by atoms with E-state index >= 15 is 0 Å². The smallest absolute Gasteiger partial charge is 0.216 e. The molecule has 0 fully saturated rings. The van der Waals surface area contributed by atoms with Gasteiger partial charge >= 0.3 is 0 Å². The van der Waals surface area contributed by atoms with Crippen molar-refractivity contribution in [3.8, 4) is 0 Å². The number of hydrogen-bond acceptors (Lipinski definition) is 4. The number of aromatic nitrogens is 2. The van der Waals surface area contributed by atoms with Crippen LogP contribution < -0.4 is 0 Å². The zero-order valence-electron chi connectivity index (χ0n) is 10.2. The van der Waals surface area contributed by atoms with Crippen molar-refractivity contribution < 1.29 is 8.81 Å². The Morgan fingerprint density at radius 1 is 1.22 bits per heavy atom. The molecule has 0 N–H and O–H groups in total. The van der Waals surface area contributed by atoms with Gasteiger partial charge in [-0.25, -0.2) is 4.39 Å². The van der Waals surface area contributed by atoms with Crippen LogP contribution in [-0.2, 0) is 12.2 Å². The molecule has 2 aromatic rings. The van der Waals surface area contributed by atoms with E-state index in [1.807, 2.05) is 23.9 Å². The summed E-state index contributed by atoms with van der Waals surface area (Å²) < 4.78 is 18.0. The second-order valence-electron chi connectivity index (χ2n) is 4.00. The summed E-state index contributed by atoms with van der Waals surface area (Å²) >= 11 is 1.83. The molecule has 0 saturated heterocycles. The van der Waals surface area contributed by atoms with Crippen LogP contribution in [0.2, 0.25) is 0 Å². The molecule has 2 rings (SSSR count). The molecule has 96 valence electrons. The minimum absolute atomic E-state index is 0.185. The minimum Gasteiger partial charge on any atom is -0.426 e. The molecule has 5 heteroatoms. The van der Waals surface area contributed by atoms with Crippen molar-refractivity contribution in [2.75, 3.05) is 5.75 Å². The second kappa shape index (κ2) is 6.54. The van der Waals surface area contributed by atoms with Crippen LogP contribution in [0.3, 0.4) is 0 Å². The summed E-state index contributed by atoms with van der Waals surface area (Å²) in [6, 6.07) is 6.64. The number of nitrogens with zero attached hydrogens (tertiary/aromatic N) is 2. The first kappa shape index (κ1) is 13.1. The highest BCUT2D eigenvalue weighted by molar-refractivity contribution is 7.98. The summed E-state index contributed by atoms with van der Waals surface area (Å²) in [4.78, 5) is 0. The Morgan fingerprint density at radius 3 is 2.67 bits per heavy atom. The van der Waals surface area contributed by atoms with E-state index in [4.69, 9.17) is 4.42 Å². The van der Waals surface area contributed by atoms with Crippen molar-refractivity contribution in [2.24, 2.45) is 0 Å². The lowest BCUT2D eigenvalue weighted by molar-refractivity contribution is 0.465. The first-order valence-electron chi connectivity index (χ1n) is 5.85. The highest BCUT2D eigenvalue weighted by atomic mass is 32.2. The molecule has 3 nitrogen and oxygen atoms in total. The normalized spacial score (nSPS) is 10.8. The monoisotopic (exact) mass is 266 g/mol. The predicted molar refractivity (Wildman–Crippen MR) is 69.9 cm³/mol. The van der Waals surface area contributed by atoms with Gasteiger partial charge in [-0.1, -0.05) is 12.1 Å². The van der Waals surface area contributed by atoms with E-state index in [1.165, 1.54) is 12.1 Å². The molecule has 0 saturated carbocycles.